The Morgan fingerprint density at radius 3 is 2.63 bits per heavy atom. The molecule has 1 heteroatoms. The van der Waals surface area contributed by atoms with Gasteiger partial charge in [0.15, 0.2) is 0 Å². The molecule has 0 amide bonds. The number of hydrogen-bond donors (Lipinski definition) is 0. The predicted octanol–water partition coefficient (Wildman–Crippen LogP) is 5.36. The molecule has 1 atom stereocenters. The number of unbranched alkanes of at least 4 members (excludes halogenated alkanes) is 3. The molecule has 0 saturated carbocycles. The Bertz CT molecular complexity index is 408. The monoisotopic (exact) mass is 259 g/mol. The average molecular weight is 259 g/mol. The first kappa shape index (κ1) is 14.4. The first-order valence-corrected chi connectivity index (χ1v) is 7.93. The molecular formula is C18H29N. The Morgan fingerprint density at radius 1 is 1.16 bits per heavy atom. The summed E-state index contributed by atoms with van der Waals surface area (Å²) in [5.74, 6) is 0.679. The zero-order valence-corrected chi connectivity index (χ0v) is 13.1. The van der Waals surface area contributed by atoms with Gasteiger partial charge in [-0.05, 0) is 44.2 Å². The van der Waals surface area contributed by atoms with E-state index in [1.165, 1.54) is 49.9 Å². The highest BCUT2D eigenvalue weighted by Crippen LogP contribution is 2.43. The number of nitrogens with zero attached hydrogens (tertiary/aromatic N) is 1. The van der Waals surface area contributed by atoms with Crippen LogP contribution in [0.5, 0.6) is 0 Å². The summed E-state index contributed by atoms with van der Waals surface area (Å²) in [7, 11) is 0. The van der Waals surface area contributed by atoms with Crippen LogP contribution in [0, 0.1) is 0 Å². The van der Waals surface area contributed by atoms with E-state index in [2.05, 4.69) is 56.9 Å². The number of benzene rings is 1. The quantitative estimate of drug-likeness (QED) is 0.643. The van der Waals surface area contributed by atoms with E-state index < -0.39 is 0 Å². The molecule has 1 aliphatic heterocycles. The van der Waals surface area contributed by atoms with E-state index in [0.29, 0.717) is 11.5 Å². The summed E-state index contributed by atoms with van der Waals surface area (Å²) < 4.78 is 0. The van der Waals surface area contributed by atoms with Crippen LogP contribution < -0.4 is 4.90 Å². The van der Waals surface area contributed by atoms with Crippen LogP contribution in [0.2, 0.25) is 0 Å². The van der Waals surface area contributed by atoms with Crippen molar-refractivity contribution in [3.05, 3.63) is 29.8 Å². The van der Waals surface area contributed by atoms with Gasteiger partial charge in [-0.1, -0.05) is 51.3 Å². The average Bonchev–Trinajstić information content (AvgIpc) is 2.37. The Balaban J connectivity index is 2.17. The van der Waals surface area contributed by atoms with Crippen LogP contribution in [0.3, 0.4) is 0 Å². The Hall–Kier alpha value is -0.980. The zero-order chi connectivity index (χ0) is 13.9. The third kappa shape index (κ3) is 3.13. The van der Waals surface area contributed by atoms with Gasteiger partial charge in [-0.3, -0.25) is 0 Å². The van der Waals surface area contributed by atoms with Gasteiger partial charge in [0.25, 0.3) is 0 Å². The van der Waals surface area contributed by atoms with Crippen molar-refractivity contribution in [1.29, 1.82) is 0 Å². The fourth-order valence-electron chi connectivity index (χ4n) is 3.57. The fraction of sp³-hybridized carbons (Fsp3) is 0.667. The van der Waals surface area contributed by atoms with Gasteiger partial charge in [-0.15, -0.1) is 0 Å². The molecule has 1 unspecified atom stereocenters. The van der Waals surface area contributed by atoms with Crippen molar-refractivity contribution in [1.82, 2.24) is 0 Å². The Morgan fingerprint density at radius 2 is 1.89 bits per heavy atom. The molecule has 1 aliphatic rings. The van der Waals surface area contributed by atoms with E-state index in [1.807, 2.05) is 0 Å². The van der Waals surface area contributed by atoms with Crippen LogP contribution in [0.15, 0.2) is 24.3 Å². The summed E-state index contributed by atoms with van der Waals surface area (Å²) in [6, 6.07) is 9.00. The molecule has 19 heavy (non-hydrogen) atoms. The van der Waals surface area contributed by atoms with Crippen molar-refractivity contribution in [3.63, 3.8) is 0 Å². The van der Waals surface area contributed by atoms with Crippen molar-refractivity contribution in [2.24, 2.45) is 0 Å². The second-order valence-corrected chi connectivity index (χ2v) is 6.69. The van der Waals surface area contributed by atoms with E-state index in [9.17, 15) is 0 Å². The molecule has 0 aliphatic carbocycles. The molecule has 106 valence electrons. The number of anilines is 1. The highest BCUT2D eigenvalue weighted by molar-refractivity contribution is 5.59. The van der Waals surface area contributed by atoms with Gasteiger partial charge in [0.2, 0.25) is 0 Å². The maximum atomic E-state index is 2.65. The minimum Gasteiger partial charge on any atom is -0.366 e. The number of hydrogen-bond acceptors (Lipinski definition) is 1. The molecule has 0 spiro atoms. The van der Waals surface area contributed by atoms with E-state index >= 15 is 0 Å². The lowest BCUT2D eigenvalue weighted by atomic mass is 9.80. The van der Waals surface area contributed by atoms with Crippen LogP contribution >= 0.6 is 0 Å². The smallest absolute Gasteiger partial charge is 0.0405 e. The van der Waals surface area contributed by atoms with Crippen molar-refractivity contribution in [2.45, 2.75) is 71.3 Å². The fourth-order valence-corrected chi connectivity index (χ4v) is 3.57. The van der Waals surface area contributed by atoms with Gasteiger partial charge in [-0.25, -0.2) is 0 Å². The maximum absolute atomic E-state index is 2.65. The van der Waals surface area contributed by atoms with Crippen LogP contribution in [-0.4, -0.2) is 12.1 Å². The highest BCUT2D eigenvalue weighted by Gasteiger charge is 2.35. The first-order chi connectivity index (χ1) is 9.06. The molecule has 0 radical (unpaired) electrons. The van der Waals surface area contributed by atoms with E-state index in [-0.39, 0.29) is 0 Å². The molecule has 1 aromatic rings. The topological polar surface area (TPSA) is 3.24 Å². The molecule has 0 aromatic heterocycles. The predicted molar refractivity (Wildman–Crippen MR) is 85.0 cm³/mol. The van der Waals surface area contributed by atoms with Gasteiger partial charge in [0.1, 0.15) is 0 Å². The summed E-state index contributed by atoms with van der Waals surface area (Å²) in [6.45, 7) is 10.7. The number of para-hydroxylation sites is 1. The minimum atomic E-state index is 0.292. The summed E-state index contributed by atoms with van der Waals surface area (Å²) in [5.41, 5.74) is 3.31. The molecule has 2 rings (SSSR count). The molecule has 0 N–H and O–H groups in total. The van der Waals surface area contributed by atoms with Crippen LogP contribution in [0.1, 0.15) is 71.3 Å². The Kier molecular flexibility index (Phi) is 4.54. The lowest BCUT2D eigenvalue weighted by Gasteiger charge is -2.47. The molecule has 0 saturated heterocycles. The normalized spacial score (nSPS) is 21.3. The lowest BCUT2D eigenvalue weighted by Crippen LogP contribution is -2.48. The standard InChI is InChI=1S/C18H29N/c1-5-6-7-10-13-19-17-12-9-8-11-16(17)15(2)14-18(19,3)4/h8-9,11-12,15H,5-7,10,13-14H2,1-4H3. The molecule has 0 fully saturated rings. The van der Waals surface area contributed by atoms with Gasteiger partial charge >= 0.3 is 0 Å². The van der Waals surface area contributed by atoms with Gasteiger partial charge < -0.3 is 4.90 Å². The van der Waals surface area contributed by atoms with E-state index in [0.717, 1.165) is 0 Å². The van der Waals surface area contributed by atoms with Crippen molar-refractivity contribution in [2.75, 3.05) is 11.4 Å². The summed E-state index contributed by atoms with van der Waals surface area (Å²) in [6.07, 6.45) is 6.63. The number of fused-ring (bicyclic) bond motifs is 1. The molecular weight excluding hydrogens is 230 g/mol. The number of rotatable bonds is 5. The molecule has 1 nitrogen and oxygen atoms in total. The zero-order valence-electron chi connectivity index (χ0n) is 13.1. The summed E-state index contributed by atoms with van der Waals surface area (Å²) >= 11 is 0. The lowest BCUT2D eigenvalue weighted by molar-refractivity contribution is 0.372. The van der Waals surface area contributed by atoms with Gasteiger partial charge in [0, 0.05) is 17.8 Å². The van der Waals surface area contributed by atoms with Crippen molar-refractivity contribution >= 4 is 5.69 Å². The van der Waals surface area contributed by atoms with E-state index in [4.69, 9.17) is 0 Å². The second kappa shape index (κ2) is 5.98. The summed E-state index contributed by atoms with van der Waals surface area (Å²) in [5, 5.41) is 0. The second-order valence-electron chi connectivity index (χ2n) is 6.69. The first-order valence-electron chi connectivity index (χ1n) is 7.93. The minimum absolute atomic E-state index is 0.292. The van der Waals surface area contributed by atoms with Crippen LogP contribution in [-0.2, 0) is 0 Å². The molecule has 1 aromatic carbocycles. The van der Waals surface area contributed by atoms with Crippen LogP contribution in [0.25, 0.3) is 0 Å². The van der Waals surface area contributed by atoms with Crippen LogP contribution in [0.4, 0.5) is 5.69 Å². The summed E-state index contributed by atoms with van der Waals surface area (Å²) in [4.78, 5) is 2.65. The van der Waals surface area contributed by atoms with Gasteiger partial charge in [-0.2, -0.15) is 0 Å². The molecule has 1 heterocycles. The Labute approximate surface area is 119 Å². The van der Waals surface area contributed by atoms with E-state index in [1.54, 1.807) is 0 Å². The molecule has 0 bridgehead atoms. The third-order valence-electron chi connectivity index (χ3n) is 4.53. The highest BCUT2D eigenvalue weighted by atomic mass is 15.2. The SMILES string of the molecule is CCCCCCN1c2ccccc2C(C)CC1(C)C. The van der Waals surface area contributed by atoms with Crippen molar-refractivity contribution in [3.8, 4) is 0 Å². The largest absolute Gasteiger partial charge is 0.366 e. The van der Waals surface area contributed by atoms with Gasteiger partial charge in [0.05, 0.1) is 0 Å². The maximum Gasteiger partial charge on any atom is 0.0405 e. The van der Waals surface area contributed by atoms with Crippen molar-refractivity contribution < 1.29 is 0 Å². The third-order valence-corrected chi connectivity index (χ3v) is 4.53.